The summed E-state index contributed by atoms with van der Waals surface area (Å²) >= 11 is 0. The number of aromatic nitrogens is 1. The SMILES string of the molecule is CCC(CC)C(C)NC(=O)c1cc(C)nc(N)c1. The van der Waals surface area contributed by atoms with E-state index in [2.05, 4.69) is 24.1 Å². The third-order valence-corrected chi connectivity index (χ3v) is 3.35. The molecule has 0 saturated carbocycles. The monoisotopic (exact) mass is 249 g/mol. The van der Waals surface area contributed by atoms with Crippen LogP contribution in [-0.4, -0.2) is 16.9 Å². The van der Waals surface area contributed by atoms with Gasteiger partial charge in [-0.05, 0) is 31.9 Å². The first-order valence-electron chi connectivity index (χ1n) is 6.52. The van der Waals surface area contributed by atoms with Gasteiger partial charge in [-0.1, -0.05) is 26.7 Å². The van der Waals surface area contributed by atoms with Crippen LogP contribution in [0.15, 0.2) is 12.1 Å². The number of carbonyl (C=O) groups excluding carboxylic acids is 1. The van der Waals surface area contributed by atoms with Gasteiger partial charge in [0.05, 0.1) is 0 Å². The van der Waals surface area contributed by atoms with Gasteiger partial charge in [0, 0.05) is 17.3 Å². The van der Waals surface area contributed by atoms with Crippen molar-refractivity contribution in [3.8, 4) is 0 Å². The summed E-state index contributed by atoms with van der Waals surface area (Å²) in [5.74, 6) is 0.816. The largest absolute Gasteiger partial charge is 0.384 e. The number of anilines is 1. The predicted molar refractivity (Wildman–Crippen MR) is 74.4 cm³/mol. The lowest BCUT2D eigenvalue weighted by Gasteiger charge is -2.22. The molecule has 0 saturated heterocycles. The number of carbonyl (C=O) groups is 1. The second kappa shape index (κ2) is 6.38. The highest BCUT2D eigenvalue weighted by molar-refractivity contribution is 5.95. The first-order valence-corrected chi connectivity index (χ1v) is 6.52. The van der Waals surface area contributed by atoms with E-state index >= 15 is 0 Å². The van der Waals surface area contributed by atoms with Crippen molar-refractivity contribution in [1.82, 2.24) is 10.3 Å². The summed E-state index contributed by atoms with van der Waals surface area (Å²) in [4.78, 5) is 16.2. The van der Waals surface area contributed by atoms with E-state index in [9.17, 15) is 4.79 Å². The van der Waals surface area contributed by atoms with Gasteiger partial charge in [0.15, 0.2) is 0 Å². The van der Waals surface area contributed by atoms with E-state index in [1.165, 1.54) is 0 Å². The van der Waals surface area contributed by atoms with Crippen molar-refractivity contribution in [1.29, 1.82) is 0 Å². The molecule has 1 amide bonds. The van der Waals surface area contributed by atoms with Crippen LogP contribution in [0.4, 0.5) is 5.82 Å². The van der Waals surface area contributed by atoms with Crippen molar-refractivity contribution in [2.45, 2.75) is 46.6 Å². The second-order valence-electron chi connectivity index (χ2n) is 4.76. The van der Waals surface area contributed by atoms with E-state index in [-0.39, 0.29) is 11.9 Å². The van der Waals surface area contributed by atoms with Crippen molar-refractivity contribution in [3.63, 3.8) is 0 Å². The fourth-order valence-corrected chi connectivity index (χ4v) is 2.23. The molecule has 100 valence electrons. The molecule has 0 aliphatic rings. The Bertz CT molecular complexity index is 393. The maximum Gasteiger partial charge on any atom is 0.251 e. The fraction of sp³-hybridized carbons (Fsp3) is 0.571. The minimum absolute atomic E-state index is 0.0772. The Morgan fingerprint density at radius 3 is 2.50 bits per heavy atom. The van der Waals surface area contributed by atoms with E-state index in [4.69, 9.17) is 5.73 Å². The van der Waals surface area contributed by atoms with E-state index < -0.39 is 0 Å². The predicted octanol–water partition coefficient (Wildman–Crippen LogP) is 2.53. The number of amides is 1. The van der Waals surface area contributed by atoms with Crippen LogP contribution in [0, 0.1) is 12.8 Å². The topological polar surface area (TPSA) is 68.0 Å². The van der Waals surface area contributed by atoms with E-state index in [0.717, 1.165) is 18.5 Å². The summed E-state index contributed by atoms with van der Waals surface area (Å²) in [6.45, 7) is 8.17. The first-order chi connectivity index (χ1) is 8.47. The van der Waals surface area contributed by atoms with Crippen LogP contribution in [0.3, 0.4) is 0 Å². The van der Waals surface area contributed by atoms with Gasteiger partial charge in [-0.15, -0.1) is 0 Å². The van der Waals surface area contributed by atoms with E-state index in [1.54, 1.807) is 12.1 Å². The van der Waals surface area contributed by atoms with Crippen molar-refractivity contribution in [2.24, 2.45) is 5.92 Å². The number of nitrogens with zero attached hydrogens (tertiary/aromatic N) is 1. The maximum atomic E-state index is 12.1. The minimum atomic E-state index is -0.0772. The lowest BCUT2D eigenvalue weighted by molar-refractivity contribution is 0.0925. The summed E-state index contributed by atoms with van der Waals surface area (Å²) in [5.41, 5.74) is 6.99. The molecule has 0 aliphatic heterocycles. The number of rotatable bonds is 5. The molecule has 18 heavy (non-hydrogen) atoms. The van der Waals surface area contributed by atoms with Crippen LogP contribution >= 0.6 is 0 Å². The van der Waals surface area contributed by atoms with Crippen molar-refractivity contribution in [3.05, 3.63) is 23.4 Å². The molecule has 1 aromatic rings. The molecule has 1 unspecified atom stereocenters. The molecule has 0 spiro atoms. The summed E-state index contributed by atoms with van der Waals surface area (Å²) in [6.07, 6.45) is 2.13. The molecule has 0 bridgehead atoms. The number of nitrogens with one attached hydrogen (secondary N) is 1. The number of hydrogen-bond acceptors (Lipinski definition) is 3. The Kier molecular flexibility index (Phi) is 5.13. The van der Waals surface area contributed by atoms with Gasteiger partial charge >= 0.3 is 0 Å². The summed E-state index contributed by atoms with van der Waals surface area (Å²) < 4.78 is 0. The third-order valence-electron chi connectivity index (χ3n) is 3.35. The van der Waals surface area contributed by atoms with E-state index in [0.29, 0.717) is 17.3 Å². The van der Waals surface area contributed by atoms with Gasteiger partial charge < -0.3 is 11.1 Å². The zero-order chi connectivity index (χ0) is 13.7. The van der Waals surface area contributed by atoms with Crippen molar-refractivity contribution < 1.29 is 4.79 Å². The molecule has 0 aliphatic carbocycles. The zero-order valence-electron chi connectivity index (χ0n) is 11.7. The highest BCUT2D eigenvalue weighted by Crippen LogP contribution is 2.14. The number of hydrogen-bond donors (Lipinski definition) is 2. The lowest BCUT2D eigenvalue weighted by atomic mass is 9.95. The molecule has 1 rings (SSSR count). The lowest BCUT2D eigenvalue weighted by Crippen LogP contribution is -2.37. The number of aryl methyl sites for hydroxylation is 1. The highest BCUT2D eigenvalue weighted by atomic mass is 16.1. The van der Waals surface area contributed by atoms with Gasteiger partial charge in [-0.2, -0.15) is 0 Å². The molecule has 1 heterocycles. The molecular formula is C14H23N3O. The standard InChI is InChI=1S/C14H23N3O/c1-5-11(6-2)10(4)17-14(18)12-7-9(3)16-13(15)8-12/h7-8,10-11H,5-6H2,1-4H3,(H2,15,16)(H,17,18). The quantitative estimate of drug-likeness (QED) is 0.842. The molecule has 3 N–H and O–H groups in total. The number of pyridine rings is 1. The Labute approximate surface area is 109 Å². The molecule has 4 nitrogen and oxygen atoms in total. The Balaban J connectivity index is 2.76. The van der Waals surface area contributed by atoms with Gasteiger partial charge in [0.25, 0.3) is 5.91 Å². The van der Waals surface area contributed by atoms with Crippen molar-refractivity contribution >= 4 is 11.7 Å². The summed E-state index contributed by atoms with van der Waals surface area (Å²) in [5, 5.41) is 3.03. The number of nitrogens with two attached hydrogens (primary N) is 1. The Hall–Kier alpha value is -1.58. The van der Waals surface area contributed by atoms with Gasteiger partial charge in [0.2, 0.25) is 0 Å². The average molecular weight is 249 g/mol. The Morgan fingerprint density at radius 1 is 1.39 bits per heavy atom. The molecule has 0 aromatic carbocycles. The van der Waals surface area contributed by atoms with Gasteiger partial charge in [-0.3, -0.25) is 4.79 Å². The van der Waals surface area contributed by atoms with Crippen LogP contribution in [0.5, 0.6) is 0 Å². The van der Waals surface area contributed by atoms with Crippen LogP contribution in [0.25, 0.3) is 0 Å². The maximum absolute atomic E-state index is 12.1. The van der Waals surface area contributed by atoms with Crippen LogP contribution < -0.4 is 11.1 Å². The van der Waals surface area contributed by atoms with Gasteiger partial charge in [0.1, 0.15) is 5.82 Å². The third kappa shape index (κ3) is 3.72. The fourth-order valence-electron chi connectivity index (χ4n) is 2.23. The normalized spacial score (nSPS) is 12.5. The van der Waals surface area contributed by atoms with Crippen LogP contribution in [0.1, 0.15) is 49.7 Å². The molecule has 1 atom stereocenters. The number of nitrogen functional groups attached to an aromatic ring is 1. The van der Waals surface area contributed by atoms with Crippen molar-refractivity contribution in [2.75, 3.05) is 5.73 Å². The summed E-state index contributed by atoms with van der Waals surface area (Å²) in [7, 11) is 0. The Morgan fingerprint density at radius 2 is 2.00 bits per heavy atom. The molecule has 4 heteroatoms. The average Bonchev–Trinajstić information content (AvgIpc) is 2.29. The smallest absolute Gasteiger partial charge is 0.251 e. The molecular weight excluding hydrogens is 226 g/mol. The van der Waals surface area contributed by atoms with E-state index in [1.807, 2.05) is 13.8 Å². The molecule has 1 aromatic heterocycles. The zero-order valence-corrected chi connectivity index (χ0v) is 11.7. The first kappa shape index (κ1) is 14.5. The van der Waals surface area contributed by atoms with Crippen LogP contribution in [-0.2, 0) is 0 Å². The molecule has 0 fully saturated rings. The second-order valence-corrected chi connectivity index (χ2v) is 4.76. The van der Waals surface area contributed by atoms with Gasteiger partial charge in [-0.25, -0.2) is 4.98 Å². The highest BCUT2D eigenvalue weighted by Gasteiger charge is 2.17. The minimum Gasteiger partial charge on any atom is -0.384 e. The molecule has 0 radical (unpaired) electrons. The van der Waals surface area contributed by atoms with Crippen LogP contribution in [0.2, 0.25) is 0 Å². The summed E-state index contributed by atoms with van der Waals surface area (Å²) in [6, 6.07) is 3.54.